The molecule has 0 nitrogen and oxygen atoms in total. The summed E-state index contributed by atoms with van der Waals surface area (Å²) in [6.07, 6.45) is 8.80. The van der Waals surface area contributed by atoms with Gasteiger partial charge in [0.2, 0.25) is 0 Å². The number of hydrogen-bond donors (Lipinski definition) is 0. The zero-order chi connectivity index (χ0) is 23.2. The third-order valence-electron chi connectivity index (χ3n) is 7.83. The zero-order valence-corrected chi connectivity index (χ0v) is 19.9. The van der Waals surface area contributed by atoms with E-state index in [1.54, 1.807) is 0 Å². The lowest BCUT2D eigenvalue weighted by Crippen LogP contribution is -1.94. The van der Waals surface area contributed by atoms with Crippen LogP contribution in [0.5, 0.6) is 0 Å². The average Bonchev–Trinajstić information content (AvgIpc) is 3.21. The van der Waals surface area contributed by atoms with Crippen molar-refractivity contribution in [2.45, 2.75) is 32.1 Å². The van der Waals surface area contributed by atoms with Gasteiger partial charge in [0.1, 0.15) is 0 Å². The van der Waals surface area contributed by atoms with Crippen molar-refractivity contribution in [3.63, 3.8) is 0 Å². The van der Waals surface area contributed by atoms with Crippen LogP contribution in [0, 0.1) is 0 Å². The van der Waals surface area contributed by atoms with E-state index in [0.717, 1.165) is 0 Å². The SMILES string of the molecule is C1=C(c2c3ccccc3c(-c3cc4ccccc4c4ccccc34)c3ccccc23)CCCCC1. The van der Waals surface area contributed by atoms with Crippen LogP contribution in [0.25, 0.3) is 59.8 Å². The van der Waals surface area contributed by atoms with Gasteiger partial charge < -0.3 is 0 Å². The highest BCUT2D eigenvalue weighted by molar-refractivity contribution is 6.24. The minimum Gasteiger partial charge on any atom is -0.0807 e. The standard InChI is InChI=1S/C35H28/c1-2-4-14-24(13-3-1)34-29-19-9-11-21-31(29)35(32-22-12-10-20-30(32)34)33-23-25-15-5-6-16-26(25)27-17-7-8-18-28(27)33/h5-13,15-23H,1-4,14H2. The molecule has 0 fully saturated rings. The van der Waals surface area contributed by atoms with Crippen molar-refractivity contribution in [1.82, 2.24) is 0 Å². The Morgan fingerprint density at radius 1 is 0.429 bits per heavy atom. The summed E-state index contributed by atoms with van der Waals surface area (Å²) in [6, 6.07) is 38.3. The first-order chi connectivity index (χ1) is 17.4. The molecule has 0 aliphatic heterocycles. The quantitative estimate of drug-likeness (QED) is 0.182. The fourth-order valence-corrected chi connectivity index (χ4v) is 6.27. The molecule has 7 rings (SSSR count). The second-order valence-electron chi connectivity index (χ2n) is 9.86. The molecule has 0 bridgehead atoms. The van der Waals surface area contributed by atoms with E-state index in [4.69, 9.17) is 0 Å². The first-order valence-electron chi connectivity index (χ1n) is 12.9. The maximum Gasteiger partial charge on any atom is -0.00199 e. The highest BCUT2D eigenvalue weighted by Crippen LogP contribution is 2.46. The molecule has 6 aromatic carbocycles. The highest BCUT2D eigenvalue weighted by Gasteiger charge is 2.19. The van der Waals surface area contributed by atoms with Crippen molar-refractivity contribution >= 4 is 48.7 Å². The van der Waals surface area contributed by atoms with E-state index in [-0.39, 0.29) is 0 Å². The van der Waals surface area contributed by atoms with E-state index in [0.29, 0.717) is 0 Å². The molecule has 1 aliphatic rings. The van der Waals surface area contributed by atoms with Crippen molar-refractivity contribution in [1.29, 1.82) is 0 Å². The van der Waals surface area contributed by atoms with Gasteiger partial charge in [-0.3, -0.25) is 0 Å². The van der Waals surface area contributed by atoms with E-state index in [9.17, 15) is 0 Å². The number of fused-ring (bicyclic) bond motifs is 5. The molecule has 0 radical (unpaired) electrons. The van der Waals surface area contributed by atoms with Gasteiger partial charge in [-0.2, -0.15) is 0 Å². The lowest BCUT2D eigenvalue weighted by atomic mass is 9.83. The zero-order valence-electron chi connectivity index (χ0n) is 19.9. The Hall–Kier alpha value is -3.90. The number of hydrogen-bond acceptors (Lipinski definition) is 0. The summed E-state index contributed by atoms with van der Waals surface area (Å²) in [4.78, 5) is 0. The molecule has 0 amide bonds. The van der Waals surface area contributed by atoms with Crippen molar-refractivity contribution in [3.8, 4) is 11.1 Å². The topological polar surface area (TPSA) is 0 Å². The lowest BCUT2D eigenvalue weighted by Gasteiger charge is -2.20. The third kappa shape index (κ3) is 3.28. The molecule has 0 heterocycles. The molecule has 0 N–H and O–H groups in total. The fourth-order valence-electron chi connectivity index (χ4n) is 6.27. The predicted octanol–water partition coefficient (Wildman–Crippen LogP) is 10.3. The second-order valence-corrected chi connectivity index (χ2v) is 9.86. The Bertz CT molecular complexity index is 1710. The minimum atomic E-state index is 1.17. The van der Waals surface area contributed by atoms with Gasteiger partial charge in [0.05, 0.1) is 0 Å². The van der Waals surface area contributed by atoms with Crippen LogP contribution in [0.3, 0.4) is 0 Å². The first kappa shape index (κ1) is 20.5. The van der Waals surface area contributed by atoms with Gasteiger partial charge >= 0.3 is 0 Å². The Balaban J connectivity index is 1.67. The number of benzene rings is 6. The van der Waals surface area contributed by atoms with E-state index < -0.39 is 0 Å². The van der Waals surface area contributed by atoms with E-state index in [1.165, 1.54) is 97.5 Å². The van der Waals surface area contributed by atoms with Crippen LogP contribution >= 0.6 is 0 Å². The monoisotopic (exact) mass is 448 g/mol. The molecule has 1 aliphatic carbocycles. The van der Waals surface area contributed by atoms with Gasteiger partial charge in [-0.1, -0.05) is 110 Å². The molecule has 0 unspecified atom stereocenters. The van der Waals surface area contributed by atoms with Gasteiger partial charge in [0.25, 0.3) is 0 Å². The molecule has 0 saturated carbocycles. The summed E-state index contributed by atoms with van der Waals surface area (Å²) in [5.41, 5.74) is 5.67. The van der Waals surface area contributed by atoms with Crippen molar-refractivity contribution in [2.24, 2.45) is 0 Å². The molecule has 35 heavy (non-hydrogen) atoms. The smallest absolute Gasteiger partial charge is 0.00199 e. The molecule has 0 heteroatoms. The molecule has 168 valence electrons. The first-order valence-corrected chi connectivity index (χ1v) is 12.9. The van der Waals surface area contributed by atoms with E-state index >= 15 is 0 Å². The predicted molar refractivity (Wildman–Crippen MR) is 153 cm³/mol. The van der Waals surface area contributed by atoms with Gasteiger partial charge in [-0.25, -0.2) is 0 Å². The minimum absolute atomic E-state index is 1.17. The summed E-state index contributed by atoms with van der Waals surface area (Å²) >= 11 is 0. The number of rotatable bonds is 2. The Morgan fingerprint density at radius 3 is 1.66 bits per heavy atom. The molecule has 0 spiro atoms. The Labute approximate surface area is 206 Å². The summed E-state index contributed by atoms with van der Waals surface area (Å²) in [5.74, 6) is 0. The van der Waals surface area contributed by atoms with Gasteiger partial charge in [0, 0.05) is 0 Å². The van der Waals surface area contributed by atoms with Crippen LogP contribution in [0.2, 0.25) is 0 Å². The van der Waals surface area contributed by atoms with Crippen LogP contribution in [-0.2, 0) is 0 Å². The van der Waals surface area contributed by atoms with Crippen LogP contribution in [0.15, 0.2) is 109 Å². The molecule has 0 aromatic heterocycles. The van der Waals surface area contributed by atoms with Crippen molar-refractivity contribution < 1.29 is 0 Å². The highest BCUT2D eigenvalue weighted by atomic mass is 14.2. The summed E-state index contributed by atoms with van der Waals surface area (Å²) in [5, 5.41) is 10.7. The maximum atomic E-state index is 2.52. The Kier molecular flexibility index (Phi) is 4.91. The van der Waals surface area contributed by atoms with Crippen molar-refractivity contribution in [3.05, 3.63) is 115 Å². The maximum absolute atomic E-state index is 2.52. The lowest BCUT2D eigenvalue weighted by molar-refractivity contribution is 0.720. The average molecular weight is 449 g/mol. The molecular formula is C35H28. The summed E-state index contributed by atoms with van der Waals surface area (Å²) in [7, 11) is 0. The van der Waals surface area contributed by atoms with Gasteiger partial charge in [-0.05, 0) is 97.1 Å². The third-order valence-corrected chi connectivity index (χ3v) is 7.83. The summed E-state index contributed by atoms with van der Waals surface area (Å²) in [6.45, 7) is 0. The van der Waals surface area contributed by atoms with E-state index in [2.05, 4.69) is 109 Å². The summed E-state index contributed by atoms with van der Waals surface area (Å²) < 4.78 is 0. The molecule has 0 atom stereocenters. The number of allylic oxidation sites excluding steroid dienone is 2. The van der Waals surface area contributed by atoms with Crippen LogP contribution in [0.4, 0.5) is 0 Å². The molecule has 0 saturated heterocycles. The fraction of sp³-hybridized carbons (Fsp3) is 0.143. The van der Waals surface area contributed by atoms with Crippen LogP contribution in [0.1, 0.15) is 37.7 Å². The van der Waals surface area contributed by atoms with Gasteiger partial charge in [-0.15, -0.1) is 0 Å². The second kappa shape index (κ2) is 8.40. The van der Waals surface area contributed by atoms with Crippen LogP contribution < -0.4 is 0 Å². The largest absolute Gasteiger partial charge is 0.0807 e. The Morgan fingerprint density at radius 2 is 0.971 bits per heavy atom. The molecular weight excluding hydrogens is 420 g/mol. The van der Waals surface area contributed by atoms with Gasteiger partial charge in [0.15, 0.2) is 0 Å². The van der Waals surface area contributed by atoms with Crippen molar-refractivity contribution in [2.75, 3.05) is 0 Å². The normalized spacial score (nSPS) is 14.5. The van der Waals surface area contributed by atoms with E-state index in [1.807, 2.05) is 0 Å². The molecule has 6 aromatic rings. The van der Waals surface area contributed by atoms with Crippen LogP contribution in [-0.4, -0.2) is 0 Å².